The fourth-order valence-electron chi connectivity index (χ4n) is 2.75. The van der Waals surface area contributed by atoms with Crippen molar-refractivity contribution in [2.45, 2.75) is 45.3 Å². The normalized spacial score (nSPS) is 22.9. The van der Waals surface area contributed by atoms with Crippen LogP contribution in [0.1, 0.15) is 36.9 Å². The first kappa shape index (κ1) is 14.5. The van der Waals surface area contributed by atoms with Crippen LogP contribution >= 0.6 is 11.3 Å². The number of hydrogen-bond acceptors (Lipinski definition) is 4. The summed E-state index contributed by atoms with van der Waals surface area (Å²) >= 11 is 1.63. The molecule has 3 rings (SSSR count). The number of nitrogens with one attached hydrogen (secondary N) is 1. The van der Waals surface area contributed by atoms with Crippen LogP contribution in [0.25, 0.3) is 5.57 Å². The highest BCUT2D eigenvalue weighted by Crippen LogP contribution is 2.27. The fourth-order valence-corrected chi connectivity index (χ4v) is 3.37. The number of thiazole rings is 1. The van der Waals surface area contributed by atoms with Crippen LogP contribution in [0.4, 0.5) is 0 Å². The Morgan fingerprint density at radius 2 is 2.43 bits per heavy atom. The zero-order valence-corrected chi connectivity index (χ0v) is 13.2. The summed E-state index contributed by atoms with van der Waals surface area (Å²) in [7, 11) is 0. The average Bonchev–Trinajstić information content (AvgIpc) is 3.19. The number of nitrogens with zero attached hydrogens (tertiary/aromatic N) is 1. The second-order valence-electron chi connectivity index (χ2n) is 5.60. The number of carbonyl (C=O) groups excluding carboxylic acids is 1. The highest BCUT2D eigenvalue weighted by atomic mass is 32.1. The highest BCUT2D eigenvalue weighted by molar-refractivity contribution is 7.09. The maximum atomic E-state index is 12.3. The van der Waals surface area contributed by atoms with Crippen molar-refractivity contribution < 1.29 is 9.53 Å². The van der Waals surface area contributed by atoms with Crippen LogP contribution in [0.2, 0.25) is 0 Å². The minimum Gasteiger partial charge on any atom is -0.376 e. The summed E-state index contributed by atoms with van der Waals surface area (Å²) in [5, 5.41) is 6.14. The van der Waals surface area contributed by atoms with Gasteiger partial charge >= 0.3 is 0 Å². The van der Waals surface area contributed by atoms with Crippen molar-refractivity contribution in [2.24, 2.45) is 0 Å². The minimum absolute atomic E-state index is 0.0104. The molecule has 0 spiro atoms. The molecule has 1 fully saturated rings. The summed E-state index contributed by atoms with van der Waals surface area (Å²) in [6.45, 7) is 4.81. The molecule has 1 N–H and O–H groups in total. The quantitative estimate of drug-likeness (QED) is 0.930. The summed E-state index contributed by atoms with van der Waals surface area (Å²) in [5.74, 6) is 0.0104. The van der Waals surface area contributed by atoms with Gasteiger partial charge in [0, 0.05) is 17.6 Å². The van der Waals surface area contributed by atoms with Gasteiger partial charge in [0.05, 0.1) is 22.8 Å². The second kappa shape index (κ2) is 6.12. The molecule has 1 aliphatic heterocycles. The van der Waals surface area contributed by atoms with E-state index in [4.69, 9.17) is 4.74 Å². The summed E-state index contributed by atoms with van der Waals surface area (Å²) in [6.07, 6.45) is 6.97. The predicted molar refractivity (Wildman–Crippen MR) is 84.1 cm³/mol. The van der Waals surface area contributed by atoms with Crippen molar-refractivity contribution in [3.8, 4) is 0 Å². The van der Waals surface area contributed by atoms with Crippen LogP contribution in [0, 0.1) is 6.92 Å². The fraction of sp³-hybridized carbons (Fsp3) is 0.500. The van der Waals surface area contributed by atoms with E-state index in [1.54, 1.807) is 11.3 Å². The van der Waals surface area contributed by atoms with E-state index in [-0.39, 0.29) is 18.1 Å². The third-order valence-corrected chi connectivity index (χ3v) is 4.73. The van der Waals surface area contributed by atoms with E-state index >= 15 is 0 Å². The number of rotatable bonds is 4. The molecule has 2 unspecified atom stereocenters. The lowest BCUT2D eigenvalue weighted by Crippen LogP contribution is -2.41. The van der Waals surface area contributed by atoms with Crippen LogP contribution in [0.3, 0.4) is 0 Å². The molecule has 5 heteroatoms. The molecule has 0 bridgehead atoms. The highest BCUT2D eigenvalue weighted by Gasteiger charge is 2.25. The molecule has 1 aromatic heterocycles. The van der Waals surface area contributed by atoms with Crippen molar-refractivity contribution in [1.29, 1.82) is 0 Å². The number of allylic oxidation sites excluding steroid dienone is 3. The van der Waals surface area contributed by atoms with Gasteiger partial charge in [0.15, 0.2) is 0 Å². The Balaban J connectivity index is 1.61. The van der Waals surface area contributed by atoms with E-state index in [2.05, 4.69) is 16.4 Å². The lowest BCUT2D eigenvalue weighted by Gasteiger charge is -2.20. The van der Waals surface area contributed by atoms with E-state index in [1.807, 2.05) is 25.3 Å². The largest absolute Gasteiger partial charge is 0.376 e. The molecule has 0 aromatic carbocycles. The van der Waals surface area contributed by atoms with E-state index in [0.29, 0.717) is 6.42 Å². The first-order chi connectivity index (χ1) is 10.1. The number of aromatic nitrogens is 1. The summed E-state index contributed by atoms with van der Waals surface area (Å²) < 4.78 is 5.62. The van der Waals surface area contributed by atoms with Crippen LogP contribution in [-0.2, 0) is 9.53 Å². The van der Waals surface area contributed by atoms with Crippen LogP contribution in [0.15, 0.2) is 23.1 Å². The van der Waals surface area contributed by atoms with Crippen molar-refractivity contribution in [3.05, 3.63) is 33.8 Å². The molecule has 112 valence electrons. The monoisotopic (exact) mass is 304 g/mol. The molecule has 1 saturated heterocycles. The smallest absolute Gasteiger partial charge is 0.247 e. The first-order valence-corrected chi connectivity index (χ1v) is 8.27. The summed E-state index contributed by atoms with van der Waals surface area (Å²) in [5.41, 5.74) is 2.82. The predicted octanol–water partition coefficient (Wildman–Crippen LogP) is 2.85. The lowest BCUT2D eigenvalue weighted by molar-refractivity contribution is -0.119. The molecule has 0 radical (unpaired) electrons. The molecule has 1 aliphatic carbocycles. The topological polar surface area (TPSA) is 51.2 Å². The maximum absolute atomic E-state index is 12.3. The van der Waals surface area contributed by atoms with Gasteiger partial charge in [-0.1, -0.05) is 6.08 Å². The number of carbonyl (C=O) groups is 1. The number of ether oxygens (including phenoxy) is 1. The third kappa shape index (κ3) is 3.24. The van der Waals surface area contributed by atoms with Gasteiger partial charge in [0.25, 0.3) is 0 Å². The molecule has 1 amide bonds. The summed E-state index contributed by atoms with van der Waals surface area (Å²) in [4.78, 5) is 16.8. The second-order valence-corrected chi connectivity index (χ2v) is 6.66. The van der Waals surface area contributed by atoms with Gasteiger partial charge in [-0.05, 0) is 44.8 Å². The van der Waals surface area contributed by atoms with Crippen molar-refractivity contribution >= 4 is 22.8 Å². The lowest BCUT2D eigenvalue weighted by atomic mass is 10.1. The third-order valence-electron chi connectivity index (χ3n) is 3.96. The zero-order valence-electron chi connectivity index (χ0n) is 12.4. The van der Waals surface area contributed by atoms with Gasteiger partial charge in [0.2, 0.25) is 5.91 Å². The van der Waals surface area contributed by atoms with Crippen molar-refractivity contribution in [2.75, 3.05) is 6.61 Å². The zero-order chi connectivity index (χ0) is 14.8. The Kier molecular flexibility index (Phi) is 4.22. The molecule has 21 heavy (non-hydrogen) atoms. The van der Waals surface area contributed by atoms with Crippen molar-refractivity contribution in [1.82, 2.24) is 10.3 Å². The van der Waals surface area contributed by atoms with Gasteiger partial charge in [-0.15, -0.1) is 11.3 Å². The Morgan fingerprint density at radius 3 is 3.10 bits per heavy atom. The van der Waals surface area contributed by atoms with E-state index in [1.165, 1.54) is 0 Å². The van der Waals surface area contributed by atoms with Crippen LogP contribution in [-0.4, -0.2) is 29.6 Å². The molecule has 2 heterocycles. The SMILES string of the molecule is Cc1nc(C2=CCC(C(=O)NC(C)C3CCCO3)=C2)cs1. The molecule has 4 nitrogen and oxygen atoms in total. The molecule has 0 saturated carbocycles. The van der Waals surface area contributed by atoms with Gasteiger partial charge < -0.3 is 10.1 Å². The first-order valence-electron chi connectivity index (χ1n) is 7.39. The van der Waals surface area contributed by atoms with Gasteiger partial charge in [-0.25, -0.2) is 4.98 Å². The Labute approximate surface area is 128 Å². The van der Waals surface area contributed by atoms with E-state index in [0.717, 1.165) is 41.3 Å². The van der Waals surface area contributed by atoms with E-state index in [9.17, 15) is 4.79 Å². The molecule has 2 aliphatic rings. The Morgan fingerprint density at radius 1 is 1.57 bits per heavy atom. The van der Waals surface area contributed by atoms with Crippen LogP contribution in [0.5, 0.6) is 0 Å². The number of hydrogen-bond donors (Lipinski definition) is 1. The van der Waals surface area contributed by atoms with Crippen molar-refractivity contribution in [3.63, 3.8) is 0 Å². The Hall–Kier alpha value is -1.46. The number of amides is 1. The molecular formula is C16H20N2O2S. The minimum atomic E-state index is 0.0104. The average molecular weight is 304 g/mol. The van der Waals surface area contributed by atoms with Gasteiger partial charge in [-0.2, -0.15) is 0 Å². The standard InChI is InChI=1S/C16H20N2O2S/c1-10(15-4-3-7-20-15)17-16(19)13-6-5-12(8-13)14-9-21-11(2)18-14/h5,8-10,15H,3-4,6-7H2,1-2H3,(H,17,19). The number of aryl methyl sites for hydroxylation is 1. The summed E-state index contributed by atoms with van der Waals surface area (Å²) in [6, 6.07) is 0.0615. The van der Waals surface area contributed by atoms with Gasteiger partial charge in [-0.3, -0.25) is 4.79 Å². The Bertz CT molecular complexity index is 597. The molecule has 1 aromatic rings. The van der Waals surface area contributed by atoms with Gasteiger partial charge in [0.1, 0.15) is 0 Å². The molecule has 2 atom stereocenters. The van der Waals surface area contributed by atoms with Crippen LogP contribution < -0.4 is 5.32 Å². The molecular weight excluding hydrogens is 284 g/mol. The maximum Gasteiger partial charge on any atom is 0.247 e. The van der Waals surface area contributed by atoms with E-state index < -0.39 is 0 Å².